The summed E-state index contributed by atoms with van der Waals surface area (Å²) < 4.78 is 33.0. The number of ether oxygens (including phenoxy) is 1. The third-order valence-corrected chi connectivity index (χ3v) is 7.60. The van der Waals surface area contributed by atoms with Gasteiger partial charge in [-0.3, -0.25) is 4.79 Å². The van der Waals surface area contributed by atoms with E-state index in [1.165, 1.54) is 11.3 Å². The van der Waals surface area contributed by atoms with Crippen LogP contribution in [-0.2, 0) is 28.9 Å². The molecule has 0 bridgehead atoms. The van der Waals surface area contributed by atoms with Gasteiger partial charge in [0.25, 0.3) is 5.91 Å². The van der Waals surface area contributed by atoms with Crippen molar-refractivity contribution >= 4 is 27.3 Å². The van der Waals surface area contributed by atoms with Crippen LogP contribution in [0, 0.1) is 0 Å². The number of amides is 1. The van der Waals surface area contributed by atoms with Gasteiger partial charge in [-0.25, -0.2) is 13.1 Å². The molecule has 8 heteroatoms. The second kappa shape index (κ2) is 8.82. The van der Waals surface area contributed by atoms with Gasteiger partial charge < -0.3 is 10.1 Å². The van der Waals surface area contributed by atoms with Crippen LogP contribution in [-0.4, -0.2) is 20.4 Å². The van der Waals surface area contributed by atoms with Crippen LogP contribution in [0.25, 0.3) is 10.4 Å². The van der Waals surface area contributed by atoms with Crippen LogP contribution in [0.3, 0.4) is 0 Å². The van der Waals surface area contributed by atoms with E-state index in [9.17, 15) is 13.2 Å². The number of nitrogens with one attached hydrogen (secondary N) is 2. The molecule has 0 saturated carbocycles. The number of fused-ring (bicyclic) bond motifs is 3. The lowest BCUT2D eigenvalue weighted by Crippen LogP contribution is -2.31. The molecule has 0 aliphatic carbocycles. The summed E-state index contributed by atoms with van der Waals surface area (Å²) in [6.07, 6.45) is 0. The van der Waals surface area contributed by atoms with Crippen molar-refractivity contribution in [1.29, 1.82) is 0 Å². The van der Waals surface area contributed by atoms with E-state index in [1.807, 2.05) is 42.5 Å². The van der Waals surface area contributed by atoms with E-state index in [0.717, 1.165) is 27.3 Å². The third kappa shape index (κ3) is 4.98. The Bertz CT molecular complexity index is 1220. The topological polar surface area (TPSA) is 84.5 Å². The first-order valence-corrected chi connectivity index (χ1v) is 12.5. The van der Waals surface area contributed by atoms with Gasteiger partial charge in [-0.2, -0.15) is 0 Å². The fourth-order valence-electron chi connectivity index (χ4n) is 3.55. The number of carbonyl (C=O) groups excluding carboxylic acids is 1. The molecule has 1 aromatic heterocycles. The molecular weight excluding hydrogens is 432 g/mol. The zero-order valence-electron chi connectivity index (χ0n) is 17.3. The largest absolute Gasteiger partial charge is 0.488 e. The smallest absolute Gasteiger partial charge is 0.261 e. The molecule has 1 amide bonds. The first kappa shape index (κ1) is 21.5. The lowest BCUT2D eigenvalue weighted by molar-refractivity contribution is 0.0955. The molecule has 1 aliphatic rings. The summed E-state index contributed by atoms with van der Waals surface area (Å²) in [5.41, 5.74) is 3.45. The fraction of sp³-hybridized carbons (Fsp3) is 0.261. The minimum absolute atomic E-state index is 0.126. The standard InChI is InChI=1S/C23H24N2O4S2/c1-15(2)25-31(27,28)14-17-8-4-3-7-16(17)12-24-23(26)21-11-18-13-29-20-10-6-5-9-19(20)22(18)30-21/h3-11,15,25H,12-14H2,1-2H3,(H,24,26). The molecule has 2 aromatic carbocycles. The number of rotatable bonds is 7. The minimum atomic E-state index is -3.45. The number of thiophene rings is 1. The van der Waals surface area contributed by atoms with Crippen molar-refractivity contribution in [3.8, 4) is 16.2 Å². The van der Waals surface area contributed by atoms with Gasteiger partial charge in [0.1, 0.15) is 12.4 Å². The first-order valence-electron chi connectivity index (χ1n) is 10.0. The molecule has 6 nitrogen and oxygen atoms in total. The Morgan fingerprint density at radius 1 is 1.10 bits per heavy atom. The molecule has 0 spiro atoms. The SMILES string of the molecule is CC(C)NS(=O)(=O)Cc1ccccc1CNC(=O)c1cc2c(s1)-c1ccccc1OC2. The summed E-state index contributed by atoms with van der Waals surface area (Å²) >= 11 is 1.44. The lowest BCUT2D eigenvalue weighted by atomic mass is 10.1. The number of sulfonamides is 1. The molecule has 0 saturated heterocycles. The van der Waals surface area contributed by atoms with Gasteiger partial charge in [0.2, 0.25) is 10.0 Å². The van der Waals surface area contributed by atoms with Crippen molar-refractivity contribution in [3.63, 3.8) is 0 Å². The Hall–Kier alpha value is -2.68. The van der Waals surface area contributed by atoms with Crippen molar-refractivity contribution in [2.45, 2.75) is 38.8 Å². The van der Waals surface area contributed by atoms with E-state index in [1.54, 1.807) is 26.0 Å². The molecule has 162 valence electrons. The number of para-hydroxylation sites is 1. The molecule has 0 radical (unpaired) electrons. The zero-order valence-corrected chi connectivity index (χ0v) is 19.0. The molecule has 31 heavy (non-hydrogen) atoms. The molecule has 0 unspecified atom stereocenters. The lowest BCUT2D eigenvalue weighted by Gasteiger charge is -2.16. The highest BCUT2D eigenvalue weighted by Crippen LogP contribution is 2.42. The molecule has 4 rings (SSSR count). The Balaban J connectivity index is 1.48. The van der Waals surface area contributed by atoms with E-state index in [2.05, 4.69) is 10.0 Å². The van der Waals surface area contributed by atoms with Crippen molar-refractivity contribution in [3.05, 3.63) is 76.2 Å². The maximum Gasteiger partial charge on any atom is 0.261 e. The quantitative estimate of drug-likeness (QED) is 0.561. The predicted octanol–water partition coefficient (Wildman–Crippen LogP) is 4.07. The van der Waals surface area contributed by atoms with Crippen LogP contribution in [0.15, 0.2) is 54.6 Å². The predicted molar refractivity (Wildman–Crippen MR) is 123 cm³/mol. The van der Waals surface area contributed by atoms with Crippen LogP contribution in [0.1, 0.15) is 40.2 Å². The molecule has 1 aliphatic heterocycles. The third-order valence-electron chi connectivity index (χ3n) is 4.87. The highest BCUT2D eigenvalue weighted by Gasteiger charge is 2.22. The normalized spacial score (nSPS) is 12.7. The first-order chi connectivity index (χ1) is 14.8. The maximum absolute atomic E-state index is 12.8. The molecule has 3 aromatic rings. The van der Waals surface area contributed by atoms with Gasteiger partial charge in [0.15, 0.2) is 0 Å². The zero-order chi connectivity index (χ0) is 22.0. The number of carbonyl (C=O) groups is 1. The Morgan fingerprint density at radius 3 is 2.58 bits per heavy atom. The van der Waals surface area contributed by atoms with Gasteiger partial charge in [-0.05, 0) is 43.2 Å². The van der Waals surface area contributed by atoms with Gasteiger partial charge in [-0.1, -0.05) is 36.4 Å². The number of hydrogen-bond acceptors (Lipinski definition) is 5. The van der Waals surface area contributed by atoms with Gasteiger partial charge in [-0.15, -0.1) is 11.3 Å². The van der Waals surface area contributed by atoms with E-state index in [0.29, 0.717) is 17.0 Å². The monoisotopic (exact) mass is 456 g/mol. The van der Waals surface area contributed by atoms with Crippen LogP contribution in [0.5, 0.6) is 5.75 Å². The molecule has 2 heterocycles. The Morgan fingerprint density at radius 2 is 1.81 bits per heavy atom. The van der Waals surface area contributed by atoms with Gasteiger partial charge >= 0.3 is 0 Å². The number of benzene rings is 2. The summed E-state index contributed by atoms with van der Waals surface area (Å²) in [6.45, 7) is 4.27. The van der Waals surface area contributed by atoms with Crippen LogP contribution in [0.4, 0.5) is 0 Å². The van der Waals surface area contributed by atoms with E-state index in [-0.39, 0.29) is 24.2 Å². The maximum atomic E-state index is 12.8. The Labute approximate surface area is 186 Å². The average molecular weight is 457 g/mol. The fourth-order valence-corrected chi connectivity index (χ4v) is 6.16. The van der Waals surface area contributed by atoms with Crippen molar-refractivity contribution in [2.75, 3.05) is 0 Å². The van der Waals surface area contributed by atoms with E-state index >= 15 is 0 Å². The van der Waals surface area contributed by atoms with Gasteiger partial charge in [0.05, 0.1) is 10.6 Å². The molecule has 0 fully saturated rings. The summed E-state index contributed by atoms with van der Waals surface area (Å²) in [5.74, 6) is 0.516. The van der Waals surface area contributed by atoms with E-state index in [4.69, 9.17) is 4.74 Å². The van der Waals surface area contributed by atoms with Crippen molar-refractivity contribution in [1.82, 2.24) is 10.0 Å². The average Bonchev–Trinajstić information content (AvgIpc) is 3.17. The van der Waals surface area contributed by atoms with Gasteiger partial charge in [0, 0.05) is 28.6 Å². The van der Waals surface area contributed by atoms with Crippen molar-refractivity contribution in [2.24, 2.45) is 0 Å². The molecule has 2 N–H and O–H groups in total. The summed E-state index contributed by atoms with van der Waals surface area (Å²) in [4.78, 5) is 14.5. The van der Waals surface area contributed by atoms with Crippen molar-refractivity contribution < 1.29 is 17.9 Å². The molecular formula is C23H24N2O4S2. The second-order valence-corrected chi connectivity index (χ2v) is 10.5. The molecule has 0 atom stereocenters. The van der Waals surface area contributed by atoms with Crippen LogP contribution < -0.4 is 14.8 Å². The minimum Gasteiger partial charge on any atom is -0.488 e. The van der Waals surface area contributed by atoms with Crippen LogP contribution in [0.2, 0.25) is 0 Å². The highest BCUT2D eigenvalue weighted by atomic mass is 32.2. The highest BCUT2D eigenvalue weighted by molar-refractivity contribution is 7.88. The van der Waals surface area contributed by atoms with Crippen LogP contribution >= 0.6 is 11.3 Å². The Kier molecular flexibility index (Phi) is 6.13. The summed E-state index contributed by atoms with van der Waals surface area (Å²) in [6, 6.07) is 16.8. The second-order valence-electron chi connectivity index (χ2n) is 7.73. The number of hydrogen-bond donors (Lipinski definition) is 2. The summed E-state index contributed by atoms with van der Waals surface area (Å²) in [7, 11) is -3.45. The summed E-state index contributed by atoms with van der Waals surface area (Å²) in [5, 5.41) is 2.93. The van der Waals surface area contributed by atoms with E-state index < -0.39 is 10.0 Å².